The summed E-state index contributed by atoms with van der Waals surface area (Å²) in [6.45, 7) is 2.21. The number of carbonyl (C=O) groups excluding carboxylic acids is 2. The Morgan fingerprint density at radius 2 is 1.81 bits per heavy atom. The highest BCUT2D eigenvalue weighted by molar-refractivity contribution is 6.03. The van der Waals surface area contributed by atoms with Crippen LogP contribution in [0.3, 0.4) is 0 Å². The average Bonchev–Trinajstić information content (AvgIpc) is 3.18. The van der Waals surface area contributed by atoms with Crippen molar-refractivity contribution in [3.05, 3.63) is 66.5 Å². The zero-order valence-corrected chi connectivity index (χ0v) is 17.2. The number of rotatable bonds is 6. The van der Waals surface area contributed by atoms with Gasteiger partial charge in [0.2, 0.25) is 11.8 Å². The predicted molar refractivity (Wildman–Crippen MR) is 115 cm³/mol. The highest BCUT2D eigenvalue weighted by Gasteiger charge is 2.35. The van der Waals surface area contributed by atoms with Gasteiger partial charge in [0.15, 0.2) is 0 Å². The highest BCUT2D eigenvalue weighted by Crippen LogP contribution is 2.29. The summed E-state index contributed by atoms with van der Waals surface area (Å²) in [5.74, 6) is 0.596. The predicted octanol–water partition coefficient (Wildman–Crippen LogP) is 3.58. The second-order valence-corrected chi connectivity index (χ2v) is 7.20. The summed E-state index contributed by atoms with van der Waals surface area (Å²) in [4.78, 5) is 35.0. The van der Waals surface area contributed by atoms with Crippen LogP contribution >= 0.6 is 0 Å². The van der Waals surface area contributed by atoms with E-state index in [9.17, 15) is 9.59 Å². The van der Waals surface area contributed by atoms with Crippen LogP contribution in [0.4, 0.5) is 11.4 Å². The Hall–Kier alpha value is -3.94. The van der Waals surface area contributed by atoms with Crippen molar-refractivity contribution in [3.8, 4) is 17.5 Å². The van der Waals surface area contributed by atoms with Crippen molar-refractivity contribution in [2.75, 3.05) is 23.9 Å². The molecule has 8 heteroatoms. The van der Waals surface area contributed by atoms with Gasteiger partial charge in [0.05, 0.1) is 13.0 Å². The molecular weight excluding hydrogens is 396 g/mol. The van der Waals surface area contributed by atoms with Gasteiger partial charge in [-0.1, -0.05) is 0 Å². The van der Waals surface area contributed by atoms with Crippen LogP contribution in [0, 0.1) is 12.8 Å². The number of amides is 2. The van der Waals surface area contributed by atoms with Gasteiger partial charge < -0.3 is 19.7 Å². The van der Waals surface area contributed by atoms with E-state index in [0.717, 1.165) is 11.3 Å². The molecule has 1 aliphatic rings. The molecule has 1 unspecified atom stereocenters. The van der Waals surface area contributed by atoms with Crippen molar-refractivity contribution in [2.45, 2.75) is 13.3 Å². The summed E-state index contributed by atoms with van der Waals surface area (Å²) in [7, 11) is 1.59. The molecule has 1 atom stereocenters. The van der Waals surface area contributed by atoms with E-state index in [-0.39, 0.29) is 24.2 Å². The van der Waals surface area contributed by atoms with Crippen molar-refractivity contribution in [1.82, 2.24) is 9.97 Å². The Morgan fingerprint density at radius 3 is 2.48 bits per heavy atom. The van der Waals surface area contributed by atoms with Crippen LogP contribution in [-0.2, 0) is 9.59 Å². The number of benzene rings is 2. The van der Waals surface area contributed by atoms with Crippen LogP contribution in [0.25, 0.3) is 0 Å². The van der Waals surface area contributed by atoms with E-state index in [1.54, 1.807) is 60.8 Å². The van der Waals surface area contributed by atoms with Crippen molar-refractivity contribution in [2.24, 2.45) is 5.92 Å². The first-order valence-corrected chi connectivity index (χ1v) is 9.84. The lowest BCUT2D eigenvalue weighted by Crippen LogP contribution is -2.28. The summed E-state index contributed by atoms with van der Waals surface area (Å²) < 4.78 is 10.8. The molecule has 158 valence electrons. The SMILES string of the molecule is COc1ccc(N2CC(C(=O)Nc3ccc(Oc4ncccn4)cc3C)CC2=O)cc1. The Labute approximate surface area is 179 Å². The Balaban J connectivity index is 1.40. The minimum atomic E-state index is -0.428. The van der Waals surface area contributed by atoms with Crippen LogP contribution < -0.4 is 19.7 Å². The normalized spacial score (nSPS) is 15.6. The third-order valence-corrected chi connectivity index (χ3v) is 5.09. The van der Waals surface area contributed by atoms with Crippen molar-refractivity contribution in [3.63, 3.8) is 0 Å². The second kappa shape index (κ2) is 8.83. The van der Waals surface area contributed by atoms with Crippen LogP contribution in [0.1, 0.15) is 12.0 Å². The molecule has 1 saturated heterocycles. The van der Waals surface area contributed by atoms with Crippen LogP contribution in [0.15, 0.2) is 60.9 Å². The number of carbonyl (C=O) groups is 2. The fourth-order valence-electron chi connectivity index (χ4n) is 3.41. The van der Waals surface area contributed by atoms with Crippen LogP contribution in [0.2, 0.25) is 0 Å². The maximum Gasteiger partial charge on any atom is 0.321 e. The van der Waals surface area contributed by atoms with E-state index < -0.39 is 5.92 Å². The zero-order chi connectivity index (χ0) is 21.8. The molecular formula is C23H22N4O4. The van der Waals surface area contributed by atoms with Gasteiger partial charge in [-0.2, -0.15) is 0 Å². The van der Waals surface area contributed by atoms with Crippen molar-refractivity contribution in [1.29, 1.82) is 0 Å². The number of ether oxygens (including phenoxy) is 2. The van der Waals surface area contributed by atoms with Gasteiger partial charge in [0, 0.05) is 36.7 Å². The molecule has 2 amide bonds. The molecule has 2 heterocycles. The molecule has 1 aromatic heterocycles. The number of aromatic nitrogens is 2. The van der Waals surface area contributed by atoms with E-state index in [0.29, 0.717) is 23.7 Å². The molecule has 0 radical (unpaired) electrons. The summed E-state index contributed by atoms with van der Waals surface area (Å²) in [6, 6.07) is 14.5. The first-order valence-electron chi connectivity index (χ1n) is 9.84. The second-order valence-electron chi connectivity index (χ2n) is 7.20. The van der Waals surface area contributed by atoms with E-state index in [4.69, 9.17) is 9.47 Å². The molecule has 4 rings (SSSR count). The largest absolute Gasteiger partial charge is 0.497 e. The highest BCUT2D eigenvalue weighted by atomic mass is 16.5. The van der Waals surface area contributed by atoms with Crippen LogP contribution in [-0.4, -0.2) is 35.4 Å². The molecule has 0 saturated carbocycles. The third kappa shape index (κ3) is 4.63. The molecule has 0 aliphatic carbocycles. The first-order chi connectivity index (χ1) is 15.0. The number of hydrogen-bond donors (Lipinski definition) is 1. The molecule has 1 aliphatic heterocycles. The first kappa shape index (κ1) is 20.3. The van der Waals surface area contributed by atoms with Crippen LogP contribution in [0.5, 0.6) is 17.5 Å². The molecule has 0 spiro atoms. The quantitative estimate of drug-likeness (QED) is 0.658. The number of nitrogens with one attached hydrogen (secondary N) is 1. The fraction of sp³-hybridized carbons (Fsp3) is 0.217. The van der Waals surface area contributed by atoms with Gasteiger partial charge >= 0.3 is 6.01 Å². The molecule has 0 bridgehead atoms. The summed E-state index contributed by atoms with van der Waals surface area (Å²) in [5.41, 5.74) is 2.25. The third-order valence-electron chi connectivity index (χ3n) is 5.09. The summed E-state index contributed by atoms with van der Waals surface area (Å²) in [6.07, 6.45) is 3.37. The lowest BCUT2D eigenvalue weighted by molar-refractivity contribution is -0.122. The fourth-order valence-corrected chi connectivity index (χ4v) is 3.41. The van der Waals surface area contributed by atoms with Gasteiger partial charge in [-0.05, 0) is 61.0 Å². The van der Waals surface area contributed by atoms with Crippen molar-refractivity contribution >= 4 is 23.2 Å². The van der Waals surface area contributed by atoms with Gasteiger partial charge in [-0.25, -0.2) is 9.97 Å². The Kier molecular flexibility index (Phi) is 5.79. The standard InChI is InChI=1S/C23H22N4O4/c1-15-12-19(31-23-24-10-3-11-25-23)8-9-20(15)26-22(29)16-13-21(28)27(14-16)17-4-6-18(30-2)7-5-17/h3-12,16H,13-14H2,1-2H3,(H,26,29). The van der Waals surface area contributed by atoms with Crippen molar-refractivity contribution < 1.29 is 19.1 Å². The number of aryl methyl sites for hydroxylation is 1. The minimum Gasteiger partial charge on any atom is -0.497 e. The Morgan fingerprint density at radius 1 is 1.10 bits per heavy atom. The lowest BCUT2D eigenvalue weighted by Gasteiger charge is -2.17. The van der Waals surface area contributed by atoms with E-state index in [1.165, 1.54) is 0 Å². The number of hydrogen-bond acceptors (Lipinski definition) is 6. The molecule has 3 aromatic rings. The molecule has 2 aromatic carbocycles. The minimum absolute atomic E-state index is 0.0753. The maximum absolute atomic E-state index is 12.8. The lowest BCUT2D eigenvalue weighted by atomic mass is 10.1. The summed E-state index contributed by atoms with van der Waals surface area (Å²) in [5, 5.41) is 2.93. The van der Waals surface area contributed by atoms with Gasteiger partial charge in [0.25, 0.3) is 0 Å². The van der Waals surface area contributed by atoms with Gasteiger partial charge in [0.1, 0.15) is 11.5 Å². The Bertz CT molecular complexity index is 1090. The van der Waals surface area contributed by atoms with E-state index >= 15 is 0 Å². The maximum atomic E-state index is 12.8. The number of methoxy groups -OCH3 is 1. The smallest absolute Gasteiger partial charge is 0.321 e. The molecule has 1 fully saturated rings. The monoisotopic (exact) mass is 418 g/mol. The molecule has 31 heavy (non-hydrogen) atoms. The average molecular weight is 418 g/mol. The van der Waals surface area contributed by atoms with Gasteiger partial charge in [-0.15, -0.1) is 0 Å². The molecule has 1 N–H and O–H groups in total. The number of nitrogens with zero attached hydrogens (tertiary/aromatic N) is 3. The van der Waals surface area contributed by atoms with E-state index in [2.05, 4.69) is 15.3 Å². The topological polar surface area (TPSA) is 93.7 Å². The molecule has 8 nitrogen and oxygen atoms in total. The zero-order valence-electron chi connectivity index (χ0n) is 17.2. The summed E-state index contributed by atoms with van der Waals surface area (Å²) >= 11 is 0. The number of anilines is 2. The van der Waals surface area contributed by atoms with Gasteiger partial charge in [-0.3, -0.25) is 9.59 Å². The van der Waals surface area contributed by atoms with E-state index in [1.807, 2.05) is 19.1 Å².